The zero-order valence-corrected chi connectivity index (χ0v) is 11.4. The van der Waals surface area contributed by atoms with Crippen LogP contribution < -0.4 is 11.2 Å². The van der Waals surface area contributed by atoms with Gasteiger partial charge in [0.05, 0.1) is 10.2 Å². The lowest BCUT2D eigenvalue weighted by Gasteiger charge is -2.05. The summed E-state index contributed by atoms with van der Waals surface area (Å²) in [5, 5.41) is 19.1. The average molecular weight is 363 g/mol. The van der Waals surface area contributed by atoms with E-state index in [9.17, 15) is 4.39 Å². The molecule has 88 valence electrons. The molecule has 0 fully saturated rings. The van der Waals surface area contributed by atoms with Crippen LogP contribution in [-0.2, 0) is 0 Å². The fourth-order valence-corrected chi connectivity index (χ4v) is 1.53. The predicted molar refractivity (Wildman–Crippen MR) is 70.4 cm³/mol. The molecular weight excluding hydrogens is 357 g/mol. The van der Waals surface area contributed by atoms with Crippen molar-refractivity contribution >= 4 is 49.1 Å². The Balaban J connectivity index is 3.02. The molecule has 0 amide bonds. The van der Waals surface area contributed by atoms with Crippen molar-refractivity contribution in [3.8, 4) is 6.07 Å². The number of anilines is 1. The Kier molecular flexibility index (Phi) is 4.60. The van der Waals surface area contributed by atoms with E-state index in [1.807, 2.05) is 0 Å². The number of nitriles is 1. The molecule has 1 aromatic carbocycles. The van der Waals surface area contributed by atoms with Gasteiger partial charge in [0.1, 0.15) is 6.07 Å². The second-order valence-corrected chi connectivity index (χ2v) is 4.47. The number of hydrogen-bond donors (Lipinski definition) is 3. The fraction of sp³-hybridized carbons (Fsp3) is 0. The van der Waals surface area contributed by atoms with Gasteiger partial charge in [0.2, 0.25) is 5.71 Å². The minimum atomic E-state index is -0.566. The molecule has 0 aliphatic carbocycles. The summed E-state index contributed by atoms with van der Waals surface area (Å²) in [5.41, 5.74) is 7.16. The van der Waals surface area contributed by atoms with Crippen molar-refractivity contribution < 1.29 is 4.39 Å². The minimum Gasteiger partial charge on any atom is -0.382 e. The van der Waals surface area contributed by atoms with Crippen molar-refractivity contribution in [1.29, 1.82) is 10.7 Å². The van der Waals surface area contributed by atoms with Gasteiger partial charge in [-0.25, -0.2) is 4.39 Å². The van der Waals surface area contributed by atoms with Gasteiger partial charge in [-0.3, -0.25) is 10.8 Å². The number of nitrogens with zero attached hydrogens (tertiary/aromatic N) is 2. The lowest BCUT2D eigenvalue weighted by molar-refractivity contribution is 0.623. The molecule has 0 atom stereocenters. The molecule has 0 heterocycles. The van der Waals surface area contributed by atoms with Crippen molar-refractivity contribution in [2.24, 2.45) is 10.8 Å². The Labute approximate surface area is 113 Å². The zero-order chi connectivity index (χ0) is 13.0. The number of hydrazone groups is 1. The summed E-state index contributed by atoms with van der Waals surface area (Å²) >= 11 is 6.18. The molecule has 0 radical (unpaired) electrons. The van der Waals surface area contributed by atoms with E-state index in [1.165, 1.54) is 6.07 Å². The molecule has 5 nitrogen and oxygen atoms in total. The first-order valence-electron chi connectivity index (χ1n) is 4.19. The van der Waals surface area contributed by atoms with E-state index in [1.54, 1.807) is 12.1 Å². The van der Waals surface area contributed by atoms with Crippen LogP contribution in [0, 0.1) is 22.6 Å². The van der Waals surface area contributed by atoms with Crippen LogP contribution in [0.1, 0.15) is 0 Å². The molecule has 0 saturated heterocycles. The zero-order valence-electron chi connectivity index (χ0n) is 8.26. The Morgan fingerprint density at radius 2 is 2.18 bits per heavy atom. The van der Waals surface area contributed by atoms with E-state index in [4.69, 9.17) is 16.4 Å². The van der Waals surface area contributed by atoms with E-state index < -0.39 is 11.7 Å². The molecule has 0 aliphatic heterocycles. The second-order valence-electron chi connectivity index (χ2n) is 2.82. The van der Waals surface area contributed by atoms with Gasteiger partial charge in [-0.1, -0.05) is 0 Å². The fourth-order valence-electron chi connectivity index (χ4n) is 0.874. The van der Waals surface area contributed by atoms with E-state index in [0.717, 1.165) is 0 Å². The maximum atomic E-state index is 13.6. The molecule has 8 heteroatoms. The molecule has 0 bridgehead atoms. The van der Waals surface area contributed by atoms with Gasteiger partial charge in [-0.15, -0.1) is 0 Å². The summed E-state index contributed by atoms with van der Waals surface area (Å²) in [5.74, 6) is -1.06. The van der Waals surface area contributed by atoms with Crippen molar-refractivity contribution in [3.63, 3.8) is 0 Å². The molecule has 0 saturated carbocycles. The summed E-state index contributed by atoms with van der Waals surface area (Å²) in [7, 11) is 0. The summed E-state index contributed by atoms with van der Waals surface area (Å²) in [4.78, 5) is 0. The number of rotatable bonds is 3. The summed E-state index contributed by atoms with van der Waals surface area (Å²) in [6.45, 7) is 0. The van der Waals surface area contributed by atoms with Crippen molar-refractivity contribution in [2.75, 3.05) is 5.43 Å². The van der Waals surface area contributed by atoms with Crippen LogP contribution in [0.4, 0.5) is 10.1 Å². The Morgan fingerprint density at radius 1 is 1.53 bits per heavy atom. The number of hydrogen-bond acceptors (Lipinski definition) is 4. The molecule has 0 unspecified atom stereocenters. The van der Waals surface area contributed by atoms with E-state index >= 15 is 0 Å². The van der Waals surface area contributed by atoms with Crippen LogP contribution in [0.5, 0.6) is 0 Å². The Hall–Kier alpha value is -1.46. The smallest absolute Gasteiger partial charge is 0.201 e. The normalized spacial score (nSPS) is 10.8. The predicted octanol–water partition coefficient (Wildman–Crippen LogP) is 2.58. The van der Waals surface area contributed by atoms with Crippen LogP contribution >= 0.6 is 31.9 Å². The highest BCUT2D eigenvalue weighted by molar-refractivity contribution is 9.13. The van der Waals surface area contributed by atoms with Gasteiger partial charge in [0.25, 0.3) is 0 Å². The third-order valence-corrected chi connectivity index (χ3v) is 3.65. The first-order chi connectivity index (χ1) is 7.97. The topological polar surface area (TPSA) is 98.0 Å². The van der Waals surface area contributed by atoms with Crippen molar-refractivity contribution in [2.45, 2.75) is 0 Å². The van der Waals surface area contributed by atoms with E-state index in [-0.39, 0.29) is 15.9 Å². The molecule has 1 aromatic rings. The van der Waals surface area contributed by atoms with Gasteiger partial charge < -0.3 is 5.73 Å². The number of nitrogens with two attached hydrogens (primary N) is 1. The number of amidine groups is 1. The quantitative estimate of drug-likeness (QED) is 0.333. The van der Waals surface area contributed by atoms with Gasteiger partial charge in [-0.05, 0) is 44.0 Å². The average Bonchev–Trinajstić information content (AvgIpc) is 2.29. The number of benzene rings is 1. The number of halogens is 3. The lowest BCUT2D eigenvalue weighted by atomic mass is 10.3. The molecule has 0 spiro atoms. The lowest BCUT2D eigenvalue weighted by Crippen LogP contribution is -2.22. The van der Waals surface area contributed by atoms with Crippen LogP contribution in [0.3, 0.4) is 0 Å². The summed E-state index contributed by atoms with van der Waals surface area (Å²) in [6.07, 6.45) is 0. The van der Waals surface area contributed by atoms with Crippen LogP contribution in [-0.4, -0.2) is 11.5 Å². The molecule has 1 rings (SSSR count). The van der Waals surface area contributed by atoms with Crippen molar-refractivity contribution in [3.05, 3.63) is 26.9 Å². The molecule has 4 N–H and O–H groups in total. The Morgan fingerprint density at radius 3 is 2.71 bits per heavy atom. The molecule has 17 heavy (non-hydrogen) atoms. The van der Waals surface area contributed by atoms with Crippen molar-refractivity contribution in [1.82, 2.24) is 0 Å². The van der Waals surface area contributed by atoms with E-state index in [0.29, 0.717) is 4.47 Å². The van der Waals surface area contributed by atoms with Gasteiger partial charge in [-0.2, -0.15) is 10.4 Å². The maximum absolute atomic E-state index is 13.6. The van der Waals surface area contributed by atoms with Gasteiger partial charge >= 0.3 is 0 Å². The van der Waals surface area contributed by atoms with Crippen LogP contribution in [0.2, 0.25) is 0 Å². The monoisotopic (exact) mass is 361 g/mol. The number of nitrogens with one attached hydrogen (secondary N) is 2. The standard InChI is InChI=1S/C9H6Br2FN5/c10-4-1-2-5(8(12)7(4)11)16-17-6(3-13)9(14)15/h1-2,16H,(H3,14,15)/b17-6+. The van der Waals surface area contributed by atoms with Gasteiger partial charge in [0.15, 0.2) is 11.7 Å². The van der Waals surface area contributed by atoms with Crippen LogP contribution in [0.15, 0.2) is 26.2 Å². The summed E-state index contributed by atoms with van der Waals surface area (Å²) in [6, 6.07) is 4.65. The minimum absolute atomic E-state index is 0.0640. The maximum Gasteiger partial charge on any atom is 0.201 e. The third kappa shape index (κ3) is 3.25. The molecule has 0 aliphatic rings. The first kappa shape index (κ1) is 13.6. The largest absolute Gasteiger partial charge is 0.382 e. The van der Waals surface area contributed by atoms with Gasteiger partial charge in [0, 0.05) is 4.47 Å². The van der Waals surface area contributed by atoms with E-state index in [2.05, 4.69) is 42.4 Å². The highest BCUT2D eigenvalue weighted by Gasteiger charge is 2.09. The summed E-state index contributed by atoms with van der Waals surface area (Å²) < 4.78 is 14.4. The second kappa shape index (κ2) is 5.75. The third-order valence-electron chi connectivity index (χ3n) is 1.68. The SMILES string of the molecule is N#C/C(=N\Nc1ccc(Br)c(Br)c1F)C(=N)N. The van der Waals surface area contributed by atoms with Crippen LogP contribution in [0.25, 0.3) is 0 Å². The Bertz CT molecular complexity index is 535. The molecular formula is C9H6Br2FN5. The highest BCUT2D eigenvalue weighted by atomic mass is 79.9. The first-order valence-corrected chi connectivity index (χ1v) is 5.77. The highest BCUT2D eigenvalue weighted by Crippen LogP contribution is 2.30. The molecule has 0 aromatic heterocycles.